The number of nitrogens with one attached hydrogen (secondary N) is 1. The van der Waals surface area contributed by atoms with Crippen molar-refractivity contribution in [2.75, 3.05) is 25.5 Å². The van der Waals surface area contributed by atoms with Crippen LogP contribution >= 0.6 is 12.4 Å². The van der Waals surface area contributed by atoms with Gasteiger partial charge in [0.25, 0.3) is 0 Å². The molecule has 1 aromatic carbocycles. The Hall–Kier alpha value is -1.48. The Balaban J connectivity index is 0.00000225. The maximum absolute atomic E-state index is 11.5. The molecule has 1 rings (SSSR count). The lowest BCUT2D eigenvalue weighted by Crippen LogP contribution is -2.32. The number of carbonyl (C=O) groups excluding carboxylic acids is 1. The van der Waals surface area contributed by atoms with E-state index in [1.54, 1.807) is 18.0 Å². The van der Waals surface area contributed by atoms with Crippen LogP contribution in [0.4, 0.5) is 5.69 Å². The van der Waals surface area contributed by atoms with Gasteiger partial charge in [0.05, 0.1) is 6.54 Å². The van der Waals surface area contributed by atoms with Gasteiger partial charge in [-0.25, -0.2) is 0 Å². The molecular weight excluding hydrogens is 224 g/mol. The zero-order valence-corrected chi connectivity index (χ0v) is 10.2. The second-order valence-corrected chi connectivity index (χ2v) is 3.28. The van der Waals surface area contributed by atoms with Gasteiger partial charge >= 0.3 is 0 Å². The monoisotopic (exact) mass is 240 g/mol. The van der Waals surface area contributed by atoms with Crippen molar-refractivity contribution in [3.05, 3.63) is 43.0 Å². The molecular formula is C12H17ClN2O. The van der Waals surface area contributed by atoms with Crippen LogP contribution in [0, 0.1) is 0 Å². The van der Waals surface area contributed by atoms with Gasteiger partial charge in [-0.2, -0.15) is 0 Å². The van der Waals surface area contributed by atoms with Crippen LogP contribution in [0.3, 0.4) is 0 Å². The topological polar surface area (TPSA) is 32.3 Å². The highest BCUT2D eigenvalue weighted by molar-refractivity contribution is 5.85. The average Bonchev–Trinajstić information content (AvgIpc) is 2.27. The first-order chi connectivity index (χ1) is 7.24. The van der Waals surface area contributed by atoms with E-state index >= 15 is 0 Å². The molecule has 0 bridgehead atoms. The summed E-state index contributed by atoms with van der Waals surface area (Å²) in [7, 11) is 1.76. The van der Waals surface area contributed by atoms with Crippen LogP contribution in [0.25, 0.3) is 0 Å². The number of benzene rings is 1. The van der Waals surface area contributed by atoms with Crippen LogP contribution in [0.5, 0.6) is 0 Å². The van der Waals surface area contributed by atoms with E-state index in [1.807, 2.05) is 30.3 Å². The number of likely N-dealkylation sites (N-methyl/N-ethyl adjacent to an activating group) is 1. The first-order valence-corrected chi connectivity index (χ1v) is 4.88. The zero-order chi connectivity index (χ0) is 11.1. The van der Waals surface area contributed by atoms with E-state index in [1.165, 1.54) is 0 Å². The molecule has 0 aliphatic carbocycles. The molecule has 0 heterocycles. The molecule has 0 atom stereocenters. The van der Waals surface area contributed by atoms with Crippen LogP contribution in [-0.4, -0.2) is 30.9 Å². The average molecular weight is 241 g/mol. The third-order valence-electron chi connectivity index (χ3n) is 2.05. The van der Waals surface area contributed by atoms with Gasteiger partial charge in [-0.3, -0.25) is 4.79 Å². The Kier molecular flexibility index (Phi) is 7.05. The van der Waals surface area contributed by atoms with E-state index in [2.05, 4.69) is 11.9 Å². The quantitative estimate of drug-likeness (QED) is 0.800. The largest absolute Gasteiger partial charge is 0.376 e. The Morgan fingerprint density at radius 3 is 2.62 bits per heavy atom. The molecule has 1 aromatic rings. The van der Waals surface area contributed by atoms with Crippen molar-refractivity contribution >= 4 is 24.0 Å². The molecule has 0 fully saturated rings. The van der Waals surface area contributed by atoms with Crippen molar-refractivity contribution in [2.45, 2.75) is 0 Å². The van der Waals surface area contributed by atoms with Crippen molar-refractivity contribution in [1.82, 2.24) is 4.90 Å². The van der Waals surface area contributed by atoms with E-state index in [-0.39, 0.29) is 18.3 Å². The number of para-hydroxylation sites is 1. The van der Waals surface area contributed by atoms with Crippen molar-refractivity contribution in [3.63, 3.8) is 0 Å². The summed E-state index contributed by atoms with van der Waals surface area (Å²) in [4.78, 5) is 13.1. The fourth-order valence-corrected chi connectivity index (χ4v) is 1.16. The van der Waals surface area contributed by atoms with Crippen LogP contribution in [0.1, 0.15) is 0 Å². The molecule has 0 radical (unpaired) electrons. The van der Waals surface area contributed by atoms with Gasteiger partial charge in [-0.15, -0.1) is 19.0 Å². The number of halogens is 1. The number of nitrogens with zero attached hydrogens (tertiary/aromatic N) is 1. The smallest absolute Gasteiger partial charge is 0.241 e. The third-order valence-corrected chi connectivity index (χ3v) is 2.05. The minimum atomic E-state index is 0. The fraction of sp³-hybridized carbons (Fsp3) is 0.250. The predicted molar refractivity (Wildman–Crippen MR) is 70.0 cm³/mol. The van der Waals surface area contributed by atoms with Gasteiger partial charge in [-0.1, -0.05) is 24.3 Å². The minimum absolute atomic E-state index is 0. The Morgan fingerprint density at radius 1 is 1.44 bits per heavy atom. The van der Waals surface area contributed by atoms with Crippen molar-refractivity contribution in [1.29, 1.82) is 0 Å². The van der Waals surface area contributed by atoms with E-state index in [0.717, 1.165) is 5.69 Å². The van der Waals surface area contributed by atoms with Gasteiger partial charge < -0.3 is 10.2 Å². The van der Waals surface area contributed by atoms with E-state index in [4.69, 9.17) is 0 Å². The second-order valence-electron chi connectivity index (χ2n) is 3.28. The van der Waals surface area contributed by atoms with Crippen molar-refractivity contribution in [2.24, 2.45) is 0 Å². The van der Waals surface area contributed by atoms with Gasteiger partial charge in [0, 0.05) is 19.3 Å². The fourth-order valence-electron chi connectivity index (χ4n) is 1.16. The lowest BCUT2D eigenvalue weighted by molar-refractivity contribution is -0.127. The Bertz CT molecular complexity index is 327. The van der Waals surface area contributed by atoms with Gasteiger partial charge in [-0.05, 0) is 12.1 Å². The van der Waals surface area contributed by atoms with Crippen molar-refractivity contribution in [3.8, 4) is 0 Å². The lowest BCUT2D eigenvalue weighted by Gasteiger charge is -2.15. The predicted octanol–water partition coefficient (Wildman–Crippen LogP) is 2.16. The van der Waals surface area contributed by atoms with Gasteiger partial charge in [0.15, 0.2) is 0 Å². The number of hydrogen-bond acceptors (Lipinski definition) is 2. The SMILES string of the molecule is C=CCN(C)C(=O)CNc1ccccc1.Cl. The third kappa shape index (κ3) is 4.84. The molecule has 16 heavy (non-hydrogen) atoms. The molecule has 1 N–H and O–H groups in total. The maximum atomic E-state index is 11.5. The molecule has 0 aromatic heterocycles. The Morgan fingerprint density at radius 2 is 2.06 bits per heavy atom. The highest BCUT2D eigenvalue weighted by Gasteiger charge is 2.05. The van der Waals surface area contributed by atoms with Gasteiger partial charge in [0.1, 0.15) is 0 Å². The molecule has 0 unspecified atom stereocenters. The molecule has 0 aliphatic heterocycles. The number of hydrogen-bond donors (Lipinski definition) is 1. The summed E-state index contributed by atoms with van der Waals surface area (Å²) in [6, 6.07) is 9.67. The van der Waals surface area contributed by atoms with Gasteiger partial charge in [0.2, 0.25) is 5.91 Å². The molecule has 3 nitrogen and oxygen atoms in total. The van der Waals surface area contributed by atoms with Crippen molar-refractivity contribution < 1.29 is 4.79 Å². The Labute approximate surface area is 103 Å². The standard InChI is InChI=1S/C12H16N2O.ClH/c1-3-9-14(2)12(15)10-13-11-7-5-4-6-8-11;/h3-8,13H,1,9-10H2,2H3;1H. The van der Waals surface area contributed by atoms with Crippen LogP contribution in [0.2, 0.25) is 0 Å². The first kappa shape index (κ1) is 14.5. The summed E-state index contributed by atoms with van der Waals surface area (Å²) in [5.41, 5.74) is 0.956. The normalized spacial score (nSPS) is 8.81. The zero-order valence-electron chi connectivity index (χ0n) is 9.35. The van der Waals surface area contributed by atoms with Crippen LogP contribution in [0.15, 0.2) is 43.0 Å². The second kappa shape index (κ2) is 7.77. The number of amides is 1. The van der Waals surface area contributed by atoms with Crippen LogP contribution in [-0.2, 0) is 4.79 Å². The number of carbonyl (C=O) groups is 1. The maximum Gasteiger partial charge on any atom is 0.241 e. The van der Waals surface area contributed by atoms with E-state index < -0.39 is 0 Å². The minimum Gasteiger partial charge on any atom is -0.376 e. The number of anilines is 1. The summed E-state index contributed by atoms with van der Waals surface area (Å²) in [6.45, 7) is 4.48. The molecule has 0 saturated carbocycles. The van der Waals surface area contributed by atoms with E-state index in [0.29, 0.717) is 13.1 Å². The van der Waals surface area contributed by atoms with Crippen LogP contribution < -0.4 is 5.32 Å². The highest BCUT2D eigenvalue weighted by atomic mass is 35.5. The molecule has 0 saturated heterocycles. The summed E-state index contributed by atoms with van der Waals surface area (Å²) in [5.74, 6) is 0.0544. The lowest BCUT2D eigenvalue weighted by atomic mass is 10.3. The van der Waals surface area contributed by atoms with E-state index in [9.17, 15) is 4.79 Å². The molecule has 88 valence electrons. The summed E-state index contributed by atoms with van der Waals surface area (Å²) in [5, 5.41) is 3.06. The summed E-state index contributed by atoms with van der Waals surface area (Å²) >= 11 is 0. The molecule has 0 spiro atoms. The molecule has 0 aliphatic rings. The molecule has 1 amide bonds. The first-order valence-electron chi connectivity index (χ1n) is 4.88. The molecule has 4 heteroatoms. The summed E-state index contributed by atoms with van der Waals surface area (Å²) < 4.78 is 0. The summed E-state index contributed by atoms with van der Waals surface area (Å²) in [6.07, 6.45) is 1.71. The number of rotatable bonds is 5. The highest BCUT2D eigenvalue weighted by Crippen LogP contribution is 2.04.